The maximum absolute atomic E-state index is 13.1. The first-order valence-corrected chi connectivity index (χ1v) is 9.94. The van der Waals surface area contributed by atoms with Crippen molar-refractivity contribution in [1.29, 1.82) is 0 Å². The van der Waals surface area contributed by atoms with E-state index in [-0.39, 0.29) is 23.9 Å². The molecule has 1 aliphatic rings. The smallest absolute Gasteiger partial charge is 0.322 e. The summed E-state index contributed by atoms with van der Waals surface area (Å²) in [5.74, 6) is -0.329. The first-order valence-electron chi connectivity index (χ1n) is 9.56. The summed E-state index contributed by atoms with van der Waals surface area (Å²) < 4.78 is 13.1. The van der Waals surface area contributed by atoms with E-state index in [0.717, 1.165) is 16.6 Å². The fourth-order valence-corrected chi connectivity index (χ4v) is 4.00. The second-order valence-electron chi connectivity index (χ2n) is 7.43. The molecule has 2 amide bonds. The Labute approximate surface area is 174 Å². The average molecular weight is 413 g/mol. The molecule has 0 radical (unpaired) electrons. The number of nitrogens with one attached hydrogen (secondary N) is 1. The zero-order valence-corrected chi connectivity index (χ0v) is 17.0. The van der Waals surface area contributed by atoms with E-state index >= 15 is 0 Å². The Morgan fingerprint density at radius 2 is 1.86 bits per heavy atom. The molecular weight excluding hydrogens is 391 g/mol. The predicted octanol–water partition coefficient (Wildman–Crippen LogP) is 5.16. The van der Waals surface area contributed by atoms with Gasteiger partial charge in [0.1, 0.15) is 5.82 Å². The number of anilines is 2. The molecule has 3 aromatic rings. The highest BCUT2D eigenvalue weighted by Gasteiger charge is 2.32. The van der Waals surface area contributed by atoms with Crippen molar-refractivity contribution >= 4 is 39.9 Å². The molecule has 5 nitrogen and oxygen atoms in total. The number of fused-ring (bicyclic) bond motifs is 1. The van der Waals surface area contributed by atoms with Gasteiger partial charge in [-0.15, -0.1) is 0 Å². The van der Waals surface area contributed by atoms with Crippen LogP contribution in [0.25, 0.3) is 10.9 Å². The first kappa shape index (κ1) is 19.5. The number of benzene rings is 2. The summed E-state index contributed by atoms with van der Waals surface area (Å²) in [6.45, 7) is 5.40. The van der Waals surface area contributed by atoms with E-state index in [9.17, 15) is 9.18 Å². The van der Waals surface area contributed by atoms with Crippen LogP contribution in [0, 0.1) is 5.82 Å². The van der Waals surface area contributed by atoms with Gasteiger partial charge >= 0.3 is 6.03 Å². The van der Waals surface area contributed by atoms with Crippen LogP contribution in [0.15, 0.2) is 54.7 Å². The normalized spacial score (nSPS) is 19.4. The molecule has 0 saturated carbocycles. The second kappa shape index (κ2) is 7.87. The van der Waals surface area contributed by atoms with Crippen LogP contribution < -0.4 is 10.2 Å². The molecule has 1 N–H and O–H groups in total. The number of hydrogen-bond acceptors (Lipinski definition) is 3. The van der Waals surface area contributed by atoms with Crippen LogP contribution in [-0.4, -0.2) is 41.1 Å². The van der Waals surface area contributed by atoms with Crippen molar-refractivity contribution in [1.82, 2.24) is 9.88 Å². The largest absolute Gasteiger partial charge is 0.364 e. The molecule has 2 heterocycles. The van der Waals surface area contributed by atoms with Crippen LogP contribution in [0.4, 0.5) is 20.6 Å². The van der Waals surface area contributed by atoms with Gasteiger partial charge in [-0.1, -0.05) is 11.6 Å². The third-order valence-electron chi connectivity index (χ3n) is 5.33. The molecule has 0 spiro atoms. The van der Waals surface area contributed by atoms with Crippen LogP contribution in [-0.2, 0) is 0 Å². The van der Waals surface area contributed by atoms with Gasteiger partial charge in [0.25, 0.3) is 0 Å². The number of carbonyl (C=O) groups is 1. The maximum Gasteiger partial charge on any atom is 0.322 e. The molecule has 2 unspecified atom stereocenters. The Kier molecular flexibility index (Phi) is 5.28. The molecule has 1 saturated heterocycles. The molecule has 0 aliphatic carbocycles. The topological polar surface area (TPSA) is 48.5 Å². The molecule has 4 rings (SSSR count). The van der Waals surface area contributed by atoms with Gasteiger partial charge in [-0.3, -0.25) is 4.98 Å². The van der Waals surface area contributed by atoms with E-state index < -0.39 is 0 Å². The van der Waals surface area contributed by atoms with E-state index in [2.05, 4.69) is 22.1 Å². The Bertz CT molecular complexity index is 1040. The van der Waals surface area contributed by atoms with Gasteiger partial charge in [0.15, 0.2) is 0 Å². The van der Waals surface area contributed by atoms with Gasteiger partial charge in [-0.05, 0) is 62.4 Å². The van der Waals surface area contributed by atoms with E-state index in [4.69, 9.17) is 11.6 Å². The van der Waals surface area contributed by atoms with Crippen molar-refractivity contribution in [3.05, 3.63) is 65.6 Å². The second-order valence-corrected chi connectivity index (χ2v) is 7.87. The van der Waals surface area contributed by atoms with Gasteiger partial charge in [-0.2, -0.15) is 0 Å². The summed E-state index contributed by atoms with van der Waals surface area (Å²) in [6.07, 6.45) is 1.79. The molecule has 0 bridgehead atoms. The van der Waals surface area contributed by atoms with Crippen molar-refractivity contribution in [3.63, 3.8) is 0 Å². The summed E-state index contributed by atoms with van der Waals surface area (Å²) >= 11 is 6.11. The minimum absolute atomic E-state index is 0.00200. The van der Waals surface area contributed by atoms with E-state index in [1.807, 2.05) is 36.1 Å². The highest BCUT2D eigenvalue weighted by atomic mass is 35.5. The molecule has 29 heavy (non-hydrogen) atoms. The van der Waals surface area contributed by atoms with Crippen molar-refractivity contribution in [2.24, 2.45) is 0 Å². The molecule has 2 atom stereocenters. The summed E-state index contributed by atoms with van der Waals surface area (Å²) in [5, 5.41) is 4.56. The molecule has 1 fully saturated rings. The Hall–Kier alpha value is -2.86. The van der Waals surface area contributed by atoms with Crippen LogP contribution >= 0.6 is 11.6 Å². The SMILES string of the molecule is CC1CN(c2ccnc3cc(Cl)ccc23)C(C)CN1C(=O)Nc1ccc(F)cc1. The molecule has 1 aliphatic heterocycles. The minimum Gasteiger partial charge on any atom is -0.364 e. The fraction of sp³-hybridized carbons (Fsp3) is 0.273. The average Bonchev–Trinajstić information content (AvgIpc) is 2.70. The highest BCUT2D eigenvalue weighted by molar-refractivity contribution is 6.31. The Morgan fingerprint density at radius 3 is 2.62 bits per heavy atom. The van der Waals surface area contributed by atoms with E-state index in [1.165, 1.54) is 12.1 Å². The molecule has 150 valence electrons. The van der Waals surface area contributed by atoms with Crippen molar-refractivity contribution < 1.29 is 9.18 Å². The van der Waals surface area contributed by atoms with Gasteiger partial charge in [0.05, 0.1) is 5.52 Å². The third-order valence-corrected chi connectivity index (χ3v) is 5.57. The predicted molar refractivity (Wildman–Crippen MR) is 115 cm³/mol. The van der Waals surface area contributed by atoms with Gasteiger partial charge in [-0.25, -0.2) is 9.18 Å². The van der Waals surface area contributed by atoms with Crippen LogP contribution in [0.5, 0.6) is 0 Å². The van der Waals surface area contributed by atoms with Gasteiger partial charge < -0.3 is 15.1 Å². The number of carbonyl (C=O) groups excluding carboxylic acids is 1. The lowest BCUT2D eigenvalue weighted by molar-refractivity contribution is 0.173. The van der Waals surface area contributed by atoms with Crippen molar-refractivity contribution in [2.75, 3.05) is 23.3 Å². The number of nitrogens with zero attached hydrogens (tertiary/aromatic N) is 3. The van der Waals surface area contributed by atoms with Gasteiger partial charge in [0, 0.05) is 53.2 Å². The standard InChI is InChI=1S/C22H22ClFN4O/c1-14-13-28(22(29)26-18-6-4-17(24)5-7-18)15(2)12-27(14)21-9-10-25-20-11-16(23)3-8-19(20)21/h3-11,14-15H,12-13H2,1-2H3,(H,26,29). The lowest BCUT2D eigenvalue weighted by Gasteiger charge is -2.45. The number of amides is 2. The summed E-state index contributed by atoms with van der Waals surface area (Å²) in [7, 11) is 0. The highest BCUT2D eigenvalue weighted by Crippen LogP contribution is 2.31. The molecule has 1 aromatic heterocycles. The van der Waals surface area contributed by atoms with E-state index in [0.29, 0.717) is 23.8 Å². The van der Waals surface area contributed by atoms with Crippen LogP contribution in [0.1, 0.15) is 13.8 Å². The third kappa shape index (κ3) is 3.98. The van der Waals surface area contributed by atoms with Crippen molar-refractivity contribution in [2.45, 2.75) is 25.9 Å². The number of rotatable bonds is 2. The lowest BCUT2D eigenvalue weighted by atomic mass is 10.1. The minimum atomic E-state index is -0.329. The van der Waals surface area contributed by atoms with Crippen molar-refractivity contribution in [3.8, 4) is 0 Å². The molecular formula is C22H22ClFN4O. The number of pyridine rings is 1. The summed E-state index contributed by atoms with van der Waals surface area (Å²) in [4.78, 5) is 21.3. The summed E-state index contributed by atoms with van der Waals surface area (Å²) in [5.41, 5.74) is 2.52. The Balaban J connectivity index is 1.53. The number of halogens is 2. The number of urea groups is 1. The number of aromatic nitrogens is 1. The molecule has 2 aromatic carbocycles. The van der Waals surface area contributed by atoms with Gasteiger partial charge in [0.2, 0.25) is 0 Å². The van der Waals surface area contributed by atoms with Crippen LogP contribution in [0.2, 0.25) is 5.02 Å². The summed E-state index contributed by atoms with van der Waals surface area (Å²) in [6, 6.07) is 13.5. The maximum atomic E-state index is 13.1. The monoisotopic (exact) mass is 412 g/mol. The quantitative estimate of drug-likeness (QED) is 0.632. The van der Waals surface area contributed by atoms with E-state index in [1.54, 1.807) is 18.3 Å². The Morgan fingerprint density at radius 1 is 1.10 bits per heavy atom. The first-order chi connectivity index (χ1) is 13.9. The number of hydrogen-bond donors (Lipinski definition) is 1. The number of piperazine rings is 1. The lowest BCUT2D eigenvalue weighted by Crippen LogP contribution is -2.59. The van der Waals surface area contributed by atoms with Crippen LogP contribution in [0.3, 0.4) is 0 Å². The fourth-order valence-electron chi connectivity index (χ4n) is 3.83. The molecule has 7 heteroatoms. The zero-order chi connectivity index (χ0) is 20.5. The zero-order valence-electron chi connectivity index (χ0n) is 16.3.